The van der Waals surface area contributed by atoms with Crippen LogP contribution in [0, 0.1) is 0 Å². The third-order valence-electron chi connectivity index (χ3n) is 5.13. The Hall–Kier alpha value is -1.31. The molecule has 1 atom stereocenters. The highest BCUT2D eigenvalue weighted by molar-refractivity contribution is 14.1. The second-order valence-corrected chi connectivity index (χ2v) is 7.51. The number of carbonyl (C=O) groups is 2. The van der Waals surface area contributed by atoms with E-state index < -0.39 is 0 Å². The van der Waals surface area contributed by atoms with Crippen LogP contribution >= 0.6 is 22.6 Å². The molecule has 1 fully saturated rings. The Morgan fingerprint density at radius 2 is 2.09 bits per heavy atom. The molecule has 0 bridgehead atoms. The van der Waals surface area contributed by atoms with Gasteiger partial charge in [-0.05, 0) is 37.3 Å². The van der Waals surface area contributed by atoms with Crippen LogP contribution in [0.2, 0.25) is 0 Å². The number of para-hydroxylation sites is 1. The molecule has 0 saturated heterocycles. The number of nitrogens with zero attached hydrogens (tertiary/aromatic N) is 1. The van der Waals surface area contributed by atoms with Crippen molar-refractivity contribution < 1.29 is 9.59 Å². The first-order chi connectivity index (χ1) is 11.0. The molecule has 1 aliphatic heterocycles. The van der Waals surface area contributed by atoms with E-state index in [4.69, 9.17) is 0 Å². The normalized spacial score (nSPS) is 21.3. The fraction of sp³-hybridized carbons (Fsp3) is 0.529. The average Bonchev–Trinajstić information content (AvgIpc) is 2.82. The second kappa shape index (κ2) is 6.67. The second-order valence-electron chi connectivity index (χ2n) is 6.53. The first-order valence-corrected chi connectivity index (χ1v) is 9.15. The summed E-state index contributed by atoms with van der Waals surface area (Å²) >= 11 is 1.78. The lowest BCUT2D eigenvalue weighted by molar-refractivity contribution is -0.122. The van der Waals surface area contributed by atoms with Gasteiger partial charge in [0, 0.05) is 53.8 Å². The Balaban J connectivity index is 1.52. The highest BCUT2D eigenvalue weighted by atomic mass is 127. The molecule has 3 rings (SSSR count). The maximum atomic E-state index is 12.5. The molecule has 0 radical (unpaired) electrons. The minimum atomic E-state index is -0.135. The van der Waals surface area contributed by atoms with Crippen LogP contribution in [0.3, 0.4) is 0 Å². The molecule has 0 aromatic heterocycles. The van der Waals surface area contributed by atoms with E-state index in [-0.39, 0.29) is 21.4 Å². The highest BCUT2D eigenvalue weighted by Crippen LogP contribution is 2.35. The van der Waals surface area contributed by atoms with E-state index in [0.29, 0.717) is 6.54 Å². The fourth-order valence-electron chi connectivity index (χ4n) is 3.60. The van der Waals surface area contributed by atoms with Gasteiger partial charge in [0.2, 0.25) is 5.91 Å². The Bertz CT molecular complexity index is 616. The van der Waals surface area contributed by atoms with Gasteiger partial charge in [-0.1, -0.05) is 18.2 Å². The SMILES string of the molecule is CN1c2ccccc2CC1C(=O)NCCC1(NC(=O)I)CCC1. The van der Waals surface area contributed by atoms with E-state index in [1.165, 1.54) is 5.56 Å². The van der Waals surface area contributed by atoms with E-state index in [2.05, 4.69) is 27.7 Å². The number of hydrogen-bond acceptors (Lipinski definition) is 3. The molecular weight excluding hydrogens is 405 g/mol. The maximum absolute atomic E-state index is 12.5. The van der Waals surface area contributed by atoms with Gasteiger partial charge in [0.25, 0.3) is 3.91 Å². The molecule has 2 amide bonds. The molecule has 1 heterocycles. The van der Waals surface area contributed by atoms with Crippen LogP contribution in [0.15, 0.2) is 24.3 Å². The summed E-state index contributed by atoms with van der Waals surface area (Å²) in [4.78, 5) is 25.9. The molecular formula is C17H22IN3O2. The molecule has 2 aliphatic rings. The summed E-state index contributed by atoms with van der Waals surface area (Å²) in [6.45, 7) is 0.608. The largest absolute Gasteiger partial charge is 0.362 e. The molecule has 2 N–H and O–H groups in total. The van der Waals surface area contributed by atoms with Gasteiger partial charge in [-0.25, -0.2) is 0 Å². The average molecular weight is 427 g/mol. The van der Waals surface area contributed by atoms with Crippen molar-refractivity contribution in [2.45, 2.75) is 43.7 Å². The number of rotatable bonds is 5. The van der Waals surface area contributed by atoms with Gasteiger partial charge in [-0.15, -0.1) is 0 Å². The van der Waals surface area contributed by atoms with Gasteiger partial charge < -0.3 is 15.5 Å². The molecule has 1 saturated carbocycles. The number of hydrogen-bond donors (Lipinski definition) is 2. The van der Waals surface area contributed by atoms with Gasteiger partial charge in [0.15, 0.2) is 0 Å². The van der Waals surface area contributed by atoms with Crippen LogP contribution in [0.5, 0.6) is 0 Å². The zero-order valence-electron chi connectivity index (χ0n) is 13.3. The molecule has 1 aliphatic carbocycles. The lowest BCUT2D eigenvalue weighted by atomic mass is 9.74. The summed E-state index contributed by atoms with van der Waals surface area (Å²) in [5.41, 5.74) is 2.26. The molecule has 0 spiro atoms. The van der Waals surface area contributed by atoms with E-state index in [0.717, 1.165) is 37.8 Å². The topological polar surface area (TPSA) is 61.4 Å². The molecule has 1 aromatic rings. The van der Waals surface area contributed by atoms with Crippen molar-refractivity contribution in [3.05, 3.63) is 29.8 Å². The van der Waals surface area contributed by atoms with Crippen molar-refractivity contribution in [2.75, 3.05) is 18.5 Å². The third-order valence-corrected chi connectivity index (χ3v) is 5.40. The highest BCUT2D eigenvalue weighted by Gasteiger charge is 2.38. The number of halogens is 1. The summed E-state index contributed by atoms with van der Waals surface area (Å²) < 4.78 is -0.0143. The van der Waals surface area contributed by atoms with Crippen LogP contribution in [-0.4, -0.2) is 35.0 Å². The van der Waals surface area contributed by atoms with Gasteiger partial charge in [-0.3, -0.25) is 9.59 Å². The number of fused-ring (bicyclic) bond motifs is 1. The minimum absolute atomic E-state index is 0.0143. The van der Waals surface area contributed by atoms with E-state index >= 15 is 0 Å². The lowest BCUT2D eigenvalue weighted by Gasteiger charge is -2.42. The summed E-state index contributed by atoms with van der Waals surface area (Å²) in [6, 6.07) is 8.02. The molecule has 23 heavy (non-hydrogen) atoms. The van der Waals surface area contributed by atoms with Crippen molar-refractivity contribution >= 4 is 38.1 Å². The smallest absolute Gasteiger partial charge is 0.281 e. The maximum Gasteiger partial charge on any atom is 0.281 e. The number of amides is 2. The van der Waals surface area contributed by atoms with E-state index in [9.17, 15) is 9.59 Å². The molecule has 124 valence electrons. The predicted octanol–water partition coefficient (Wildman–Crippen LogP) is 2.62. The summed E-state index contributed by atoms with van der Waals surface area (Å²) in [6.07, 6.45) is 4.72. The summed E-state index contributed by atoms with van der Waals surface area (Å²) in [5.74, 6) is 0.0685. The van der Waals surface area contributed by atoms with Crippen molar-refractivity contribution in [1.29, 1.82) is 0 Å². The number of carbonyl (C=O) groups excluding carboxylic acids is 2. The zero-order valence-corrected chi connectivity index (χ0v) is 15.4. The summed E-state index contributed by atoms with van der Waals surface area (Å²) in [5, 5.41) is 6.10. The molecule has 1 aromatic carbocycles. The number of benzene rings is 1. The third kappa shape index (κ3) is 3.46. The number of nitrogens with one attached hydrogen (secondary N) is 2. The quantitative estimate of drug-likeness (QED) is 0.432. The Kier molecular flexibility index (Phi) is 4.79. The monoisotopic (exact) mass is 427 g/mol. The first kappa shape index (κ1) is 16.5. The lowest BCUT2D eigenvalue weighted by Crippen LogP contribution is -2.54. The van der Waals surface area contributed by atoms with Gasteiger partial charge >= 0.3 is 0 Å². The molecule has 6 heteroatoms. The standard InChI is InChI=1S/C17H22IN3O2/c1-21-13-6-3-2-5-12(13)11-14(21)15(22)19-10-9-17(7-4-8-17)20-16(18)23/h2-3,5-6,14H,4,7-11H2,1H3,(H,19,22)(H,20,23). The molecule has 1 unspecified atom stereocenters. The summed E-state index contributed by atoms with van der Waals surface area (Å²) in [7, 11) is 1.97. The minimum Gasteiger partial charge on any atom is -0.362 e. The van der Waals surface area contributed by atoms with Crippen LogP contribution in [0.1, 0.15) is 31.2 Å². The fourth-order valence-corrected chi connectivity index (χ4v) is 4.17. The van der Waals surface area contributed by atoms with Crippen molar-refractivity contribution in [1.82, 2.24) is 10.6 Å². The van der Waals surface area contributed by atoms with Gasteiger partial charge in [-0.2, -0.15) is 0 Å². The van der Waals surface area contributed by atoms with Crippen LogP contribution < -0.4 is 15.5 Å². The molecule has 5 nitrogen and oxygen atoms in total. The Morgan fingerprint density at radius 3 is 2.70 bits per heavy atom. The van der Waals surface area contributed by atoms with Gasteiger partial charge in [0.05, 0.1) is 0 Å². The van der Waals surface area contributed by atoms with Crippen molar-refractivity contribution in [2.24, 2.45) is 0 Å². The van der Waals surface area contributed by atoms with Gasteiger partial charge in [0.1, 0.15) is 6.04 Å². The van der Waals surface area contributed by atoms with Crippen molar-refractivity contribution in [3.8, 4) is 0 Å². The van der Waals surface area contributed by atoms with Crippen LogP contribution in [-0.2, 0) is 11.2 Å². The Morgan fingerprint density at radius 1 is 1.35 bits per heavy atom. The van der Waals surface area contributed by atoms with Crippen LogP contribution in [0.4, 0.5) is 10.5 Å². The van der Waals surface area contributed by atoms with E-state index in [1.54, 1.807) is 22.6 Å². The number of likely N-dealkylation sites (N-methyl/N-ethyl adjacent to an activating group) is 1. The number of anilines is 1. The predicted molar refractivity (Wildman–Crippen MR) is 99.1 cm³/mol. The van der Waals surface area contributed by atoms with Crippen molar-refractivity contribution in [3.63, 3.8) is 0 Å². The van der Waals surface area contributed by atoms with Crippen LogP contribution in [0.25, 0.3) is 0 Å². The Labute approximate surface area is 150 Å². The van der Waals surface area contributed by atoms with E-state index in [1.807, 2.05) is 19.2 Å². The first-order valence-electron chi connectivity index (χ1n) is 8.07. The zero-order chi connectivity index (χ0) is 16.4.